The summed E-state index contributed by atoms with van der Waals surface area (Å²) in [6.07, 6.45) is 13.3. The largest absolute Gasteiger partial charge is 0.462 e. The van der Waals surface area contributed by atoms with Crippen LogP contribution in [0.15, 0.2) is 60.4 Å². The maximum absolute atomic E-state index is 12.7. The minimum absolute atomic E-state index is 0.0464. The number of ether oxygens (including phenoxy) is 1. The van der Waals surface area contributed by atoms with Gasteiger partial charge in [-0.15, -0.1) is 0 Å². The highest BCUT2D eigenvalue weighted by molar-refractivity contribution is 5.97. The number of rotatable bonds is 9. The standard InChI is InChI=1S/C33H44N2O3/c1-9-13-16-34-31(36)15-14-23(10-2)26-19-25-20-30(33(6,7)8)35-21-28(32(37)38-12-4)22(5)17-29(35)27(25)18-24(26)11-3/h10,14-15,17-19,21,30H,5,9,11-13,16,20H2,1-4,6-8H3,(H,34,36)/b15-14-,23-10+. The number of esters is 1. The van der Waals surface area contributed by atoms with Crippen molar-refractivity contribution in [3.05, 3.63) is 82.6 Å². The van der Waals surface area contributed by atoms with Gasteiger partial charge in [-0.3, -0.25) is 4.79 Å². The molecule has 2 aliphatic rings. The molecular formula is C33H44N2O3. The number of hydrogen-bond acceptors (Lipinski definition) is 4. The Kier molecular flexibility index (Phi) is 9.59. The van der Waals surface area contributed by atoms with Crippen LogP contribution < -0.4 is 5.32 Å². The molecular weight excluding hydrogens is 472 g/mol. The van der Waals surface area contributed by atoms with E-state index in [4.69, 9.17) is 4.74 Å². The van der Waals surface area contributed by atoms with Gasteiger partial charge in [-0.25, -0.2) is 4.79 Å². The molecule has 0 aliphatic carbocycles. The van der Waals surface area contributed by atoms with E-state index in [1.165, 1.54) is 16.7 Å². The summed E-state index contributed by atoms with van der Waals surface area (Å²) in [5.74, 6) is -0.397. The lowest BCUT2D eigenvalue weighted by molar-refractivity contribution is -0.138. The van der Waals surface area contributed by atoms with Gasteiger partial charge in [-0.2, -0.15) is 0 Å². The molecule has 1 atom stereocenters. The van der Waals surface area contributed by atoms with E-state index in [1.807, 2.05) is 32.2 Å². The van der Waals surface area contributed by atoms with Gasteiger partial charge in [0.15, 0.2) is 0 Å². The molecule has 0 fully saturated rings. The number of nitrogens with one attached hydrogen (secondary N) is 1. The van der Waals surface area contributed by atoms with Gasteiger partial charge in [0.2, 0.25) is 5.91 Å². The van der Waals surface area contributed by atoms with E-state index in [0.29, 0.717) is 24.3 Å². The lowest BCUT2D eigenvalue weighted by Crippen LogP contribution is -2.46. The molecule has 0 spiro atoms. The SMILES string of the molecule is C=C1C=C2c3cc(CC)c(C(/C=C\C(=O)NCCCC)=C/C)cc3CC(C(C)(C)C)N2C=C1C(=O)OCC. The van der Waals surface area contributed by atoms with Gasteiger partial charge < -0.3 is 15.0 Å². The van der Waals surface area contributed by atoms with Crippen LogP contribution in [0.1, 0.15) is 83.6 Å². The Morgan fingerprint density at radius 2 is 1.92 bits per heavy atom. The number of nitrogens with zero attached hydrogens (tertiary/aromatic N) is 1. The zero-order chi connectivity index (χ0) is 28.0. The number of hydrogen-bond donors (Lipinski definition) is 1. The zero-order valence-electron chi connectivity index (χ0n) is 24.2. The van der Waals surface area contributed by atoms with Crippen LogP contribution in [0, 0.1) is 5.41 Å². The Morgan fingerprint density at radius 1 is 1.18 bits per heavy atom. The molecule has 5 nitrogen and oxygen atoms in total. The second-order valence-electron chi connectivity index (χ2n) is 11.1. The average Bonchev–Trinajstić information content (AvgIpc) is 2.87. The van der Waals surface area contributed by atoms with Crippen LogP contribution in [0.3, 0.4) is 0 Å². The van der Waals surface area contributed by atoms with E-state index in [1.54, 1.807) is 6.08 Å². The van der Waals surface area contributed by atoms with Crippen molar-refractivity contribution in [3.63, 3.8) is 0 Å². The van der Waals surface area contributed by atoms with Crippen molar-refractivity contribution in [2.24, 2.45) is 5.41 Å². The summed E-state index contributed by atoms with van der Waals surface area (Å²) in [7, 11) is 0. The van der Waals surface area contributed by atoms with Gasteiger partial charge in [0.1, 0.15) is 0 Å². The van der Waals surface area contributed by atoms with Gasteiger partial charge in [-0.05, 0) is 84.6 Å². The van der Waals surface area contributed by atoms with Gasteiger partial charge in [-0.1, -0.05) is 59.8 Å². The Labute approximate surface area is 229 Å². The molecule has 1 aromatic carbocycles. The van der Waals surface area contributed by atoms with E-state index < -0.39 is 0 Å². The predicted octanol–water partition coefficient (Wildman–Crippen LogP) is 6.76. The smallest absolute Gasteiger partial charge is 0.340 e. The average molecular weight is 517 g/mol. The van der Waals surface area contributed by atoms with Crippen LogP contribution in [0.5, 0.6) is 0 Å². The van der Waals surface area contributed by atoms with Crippen LogP contribution in [-0.4, -0.2) is 36.0 Å². The van der Waals surface area contributed by atoms with Gasteiger partial charge >= 0.3 is 5.97 Å². The molecule has 2 heterocycles. The third-order valence-electron chi connectivity index (χ3n) is 7.30. The van der Waals surface area contributed by atoms with Gasteiger partial charge in [0, 0.05) is 36.1 Å². The molecule has 0 aromatic heterocycles. The van der Waals surface area contributed by atoms with Crippen molar-refractivity contribution in [2.75, 3.05) is 13.2 Å². The van der Waals surface area contributed by atoms with Crippen molar-refractivity contribution in [1.82, 2.24) is 10.2 Å². The normalized spacial score (nSPS) is 17.6. The van der Waals surface area contributed by atoms with Crippen molar-refractivity contribution in [1.29, 1.82) is 0 Å². The zero-order valence-corrected chi connectivity index (χ0v) is 24.2. The third-order valence-corrected chi connectivity index (χ3v) is 7.30. The molecule has 5 heteroatoms. The minimum Gasteiger partial charge on any atom is -0.462 e. The van der Waals surface area contributed by atoms with Gasteiger partial charge in [0.25, 0.3) is 0 Å². The first-order valence-electron chi connectivity index (χ1n) is 13.9. The van der Waals surface area contributed by atoms with E-state index >= 15 is 0 Å². The Balaban J connectivity index is 2.06. The van der Waals surface area contributed by atoms with Crippen LogP contribution in [0.4, 0.5) is 0 Å². The number of carbonyl (C=O) groups is 2. The molecule has 1 aromatic rings. The molecule has 3 rings (SSSR count). The molecule has 0 bridgehead atoms. The summed E-state index contributed by atoms with van der Waals surface area (Å²) >= 11 is 0. The first kappa shape index (κ1) is 29.2. The monoisotopic (exact) mass is 516 g/mol. The fourth-order valence-electron chi connectivity index (χ4n) is 5.12. The Hall–Kier alpha value is -3.34. The number of allylic oxidation sites excluding steroid dienone is 4. The maximum Gasteiger partial charge on any atom is 0.340 e. The lowest BCUT2D eigenvalue weighted by Gasteiger charge is -2.47. The molecule has 0 saturated carbocycles. The van der Waals surface area contributed by atoms with Gasteiger partial charge in [0.05, 0.1) is 12.2 Å². The Morgan fingerprint density at radius 3 is 2.53 bits per heavy atom. The summed E-state index contributed by atoms with van der Waals surface area (Å²) in [6.45, 7) is 20.0. The van der Waals surface area contributed by atoms with Crippen LogP contribution in [0.2, 0.25) is 0 Å². The van der Waals surface area contributed by atoms with E-state index in [9.17, 15) is 9.59 Å². The highest BCUT2D eigenvalue weighted by Crippen LogP contribution is 2.44. The molecule has 1 unspecified atom stereocenters. The molecule has 204 valence electrons. The summed E-state index contributed by atoms with van der Waals surface area (Å²) in [5.41, 5.74) is 8.05. The molecule has 38 heavy (non-hydrogen) atoms. The Bertz CT molecular complexity index is 1210. The van der Waals surface area contributed by atoms with E-state index in [2.05, 4.69) is 69.6 Å². The van der Waals surface area contributed by atoms with Crippen molar-refractivity contribution >= 4 is 23.1 Å². The van der Waals surface area contributed by atoms with E-state index in [-0.39, 0.29) is 23.3 Å². The van der Waals surface area contributed by atoms with Crippen LogP contribution >= 0.6 is 0 Å². The molecule has 2 aliphatic heterocycles. The number of carbonyl (C=O) groups excluding carboxylic acids is 2. The molecule has 0 radical (unpaired) electrons. The number of aryl methyl sites for hydroxylation is 1. The minimum atomic E-state index is -0.334. The fraction of sp³-hybridized carbons (Fsp3) is 0.455. The number of amides is 1. The van der Waals surface area contributed by atoms with Crippen LogP contribution in [-0.2, 0) is 27.2 Å². The first-order chi connectivity index (χ1) is 18.0. The number of unbranched alkanes of at least 4 members (excludes halogenated alkanes) is 1. The van der Waals surface area contributed by atoms with Crippen molar-refractivity contribution < 1.29 is 14.3 Å². The van der Waals surface area contributed by atoms with Crippen molar-refractivity contribution in [2.45, 2.75) is 80.2 Å². The molecule has 0 saturated heterocycles. The topological polar surface area (TPSA) is 58.6 Å². The fourth-order valence-corrected chi connectivity index (χ4v) is 5.12. The second kappa shape index (κ2) is 12.5. The maximum atomic E-state index is 12.7. The summed E-state index contributed by atoms with van der Waals surface area (Å²) < 4.78 is 5.31. The highest BCUT2D eigenvalue weighted by atomic mass is 16.5. The second-order valence-corrected chi connectivity index (χ2v) is 11.1. The van der Waals surface area contributed by atoms with Crippen molar-refractivity contribution in [3.8, 4) is 0 Å². The summed E-state index contributed by atoms with van der Waals surface area (Å²) in [4.78, 5) is 27.3. The van der Waals surface area contributed by atoms with Crippen LogP contribution in [0.25, 0.3) is 11.3 Å². The lowest BCUT2D eigenvalue weighted by atomic mass is 9.75. The molecule has 1 N–H and O–H groups in total. The number of fused-ring (bicyclic) bond motifs is 3. The first-order valence-corrected chi connectivity index (χ1v) is 13.9. The summed E-state index contributed by atoms with van der Waals surface area (Å²) in [5, 5.41) is 2.96. The number of benzene rings is 1. The summed E-state index contributed by atoms with van der Waals surface area (Å²) in [6, 6.07) is 4.72. The highest BCUT2D eigenvalue weighted by Gasteiger charge is 2.39. The third kappa shape index (κ3) is 6.38. The predicted molar refractivity (Wildman–Crippen MR) is 157 cm³/mol. The molecule has 1 amide bonds. The quantitative estimate of drug-likeness (QED) is 0.171. The van der Waals surface area contributed by atoms with E-state index in [0.717, 1.165) is 42.5 Å².